The normalized spacial score (nSPS) is 17.0. The zero-order valence-electron chi connectivity index (χ0n) is 16.5. The summed E-state index contributed by atoms with van der Waals surface area (Å²) < 4.78 is 0. The van der Waals surface area contributed by atoms with Crippen LogP contribution in [0.3, 0.4) is 0 Å². The molecule has 1 heterocycles. The Bertz CT molecular complexity index is 745. The predicted molar refractivity (Wildman–Crippen MR) is 111 cm³/mol. The number of hydrogen-bond acceptors (Lipinski definition) is 4. The van der Waals surface area contributed by atoms with E-state index in [-0.39, 0.29) is 0 Å². The Balaban J connectivity index is 1.51. The number of hydrogen-bond donors (Lipinski definition) is 1. The van der Waals surface area contributed by atoms with Crippen LogP contribution in [0, 0.1) is 11.5 Å². The Kier molecular flexibility index (Phi) is 6.86. The van der Waals surface area contributed by atoms with Gasteiger partial charge in [0.2, 0.25) is 0 Å². The first kappa shape index (κ1) is 19.4. The second kappa shape index (κ2) is 9.55. The number of nitrogens with zero attached hydrogens (tertiary/aromatic N) is 3. The largest absolute Gasteiger partial charge is 0.300 e. The van der Waals surface area contributed by atoms with Crippen LogP contribution in [-0.2, 0) is 12.8 Å². The molecular weight excluding hydrogens is 332 g/mol. The molecule has 0 radical (unpaired) electrons. The van der Waals surface area contributed by atoms with Crippen LogP contribution >= 0.6 is 0 Å². The van der Waals surface area contributed by atoms with Crippen LogP contribution in [-0.4, -0.2) is 42.6 Å². The molecule has 2 aromatic carbocycles. The van der Waals surface area contributed by atoms with Crippen LogP contribution in [0.25, 0.3) is 11.1 Å². The molecule has 0 saturated carbocycles. The molecule has 3 rings (SSSR count). The van der Waals surface area contributed by atoms with Crippen molar-refractivity contribution >= 4 is 0 Å². The highest BCUT2D eigenvalue weighted by Gasteiger charge is 2.19. The van der Waals surface area contributed by atoms with Crippen molar-refractivity contribution in [3.63, 3.8) is 0 Å². The van der Waals surface area contributed by atoms with Gasteiger partial charge < -0.3 is 4.90 Å². The van der Waals surface area contributed by atoms with Gasteiger partial charge in [0, 0.05) is 26.2 Å². The molecule has 1 atom stereocenters. The van der Waals surface area contributed by atoms with E-state index in [1.54, 1.807) is 7.05 Å². The molecule has 142 valence electrons. The van der Waals surface area contributed by atoms with E-state index < -0.39 is 0 Å². The van der Waals surface area contributed by atoms with Crippen LogP contribution in [0.5, 0.6) is 0 Å². The summed E-state index contributed by atoms with van der Waals surface area (Å²) in [5.74, 6) is 0. The van der Waals surface area contributed by atoms with Gasteiger partial charge in [0.1, 0.15) is 0 Å². The monoisotopic (exact) mass is 362 g/mol. The Morgan fingerprint density at radius 1 is 1.04 bits per heavy atom. The van der Waals surface area contributed by atoms with E-state index in [9.17, 15) is 0 Å². The summed E-state index contributed by atoms with van der Waals surface area (Å²) in [5, 5.41) is 10.2. The molecule has 1 fully saturated rings. The lowest BCUT2D eigenvalue weighted by atomic mass is 10.0. The summed E-state index contributed by atoms with van der Waals surface area (Å²) in [7, 11) is 1.72. The summed E-state index contributed by atoms with van der Waals surface area (Å²) in [6.45, 7) is 5.53. The summed E-state index contributed by atoms with van der Waals surface area (Å²) in [6.07, 6.45) is 6.76. The molecule has 27 heavy (non-hydrogen) atoms. The first-order valence-electron chi connectivity index (χ1n) is 9.95. The lowest BCUT2D eigenvalue weighted by molar-refractivity contribution is 0.272. The van der Waals surface area contributed by atoms with Crippen LogP contribution < -0.4 is 5.43 Å². The average molecular weight is 363 g/mol. The highest BCUT2D eigenvalue weighted by molar-refractivity contribution is 5.64. The Morgan fingerprint density at radius 2 is 1.63 bits per heavy atom. The fourth-order valence-corrected chi connectivity index (χ4v) is 3.73. The van der Waals surface area contributed by atoms with E-state index in [2.05, 4.69) is 65.8 Å². The van der Waals surface area contributed by atoms with Gasteiger partial charge in [-0.05, 0) is 61.4 Å². The number of likely N-dealkylation sites (tertiary alicyclic amines) is 1. The van der Waals surface area contributed by atoms with Crippen LogP contribution in [0.4, 0.5) is 0 Å². The lowest BCUT2D eigenvalue weighted by Gasteiger charge is -2.20. The van der Waals surface area contributed by atoms with E-state index in [4.69, 9.17) is 5.26 Å². The van der Waals surface area contributed by atoms with Gasteiger partial charge in [0.15, 0.2) is 6.19 Å². The number of rotatable bonds is 8. The third-order valence-corrected chi connectivity index (χ3v) is 5.53. The number of nitrogens with one attached hydrogen (secondary N) is 1. The zero-order valence-corrected chi connectivity index (χ0v) is 16.5. The molecule has 0 amide bonds. The molecular formula is C23H30N4. The smallest absolute Gasteiger partial charge is 0.194 e. The zero-order chi connectivity index (χ0) is 19.1. The molecule has 1 N–H and O–H groups in total. The van der Waals surface area contributed by atoms with Crippen molar-refractivity contribution in [2.24, 2.45) is 0 Å². The minimum absolute atomic E-state index is 0.748. The number of hydrazine groups is 1. The first-order chi connectivity index (χ1) is 13.2. The maximum Gasteiger partial charge on any atom is 0.194 e. The second-order valence-corrected chi connectivity index (χ2v) is 7.49. The Hall–Kier alpha value is -2.35. The van der Waals surface area contributed by atoms with Crippen molar-refractivity contribution in [3.8, 4) is 17.3 Å². The van der Waals surface area contributed by atoms with E-state index in [1.807, 2.05) is 6.19 Å². The number of benzene rings is 2. The minimum Gasteiger partial charge on any atom is -0.300 e. The number of nitriles is 1. The minimum atomic E-state index is 0.748. The molecule has 4 nitrogen and oxygen atoms in total. The van der Waals surface area contributed by atoms with Gasteiger partial charge >= 0.3 is 0 Å². The standard InChI is InChI=1S/C23H30N4/c1-19-4-3-16-27(19)17-14-21-7-11-23(12-8-21)22-9-5-20(6-10-22)13-15-25-26(2)18-24/h5-12,19,25H,3-4,13-17H2,1-2H3. The van der Waals surface area contributed by atoms with Gasteiger partial charge in [-0.25, -0.2) is 10.4 Å². The molecule has 0 aliphatic carbocycles. The van der Waals surface area contributed by atoms with Gasteiger partial charge in [0.25, 0.3) is 0 Å². The highest BCUT2D eigenvalue weighted by Crippen LogP contribution is 2.22. The molecule has 2 aromatic rings. The van der Waals surface area contributed by atoms with Gasteiger partial charge in [-0.15, -0.1) is 0 Å². The third-order valence-electron chi connectivity index (χ3n) is 5.53. The topological polar surface area (TPSA) is 42.3 Å². The van der Waals surface area contributed by atoms with Gasteiger partial charge in [0.05, 0.1) is 0 Å². The SMILES string of the molecule is CC1CCCN1CCc1ccc(-c2ccc(CCNN(C)C#N)cc2)cc1. The summed E-state index contributed by atoms with van der Waals surface area (Å²) in [5.41, 5.74) is 8.24. The predicted octanol–water partition coefficient (Wildman–Crippen LogP) is 3.84. The van der Waals surface area contributed by atoms with Crippen molar-refractivity contribution < 1.29 is 0 Å². The van der Waals surface area contributed by atoms with Crippen molar-refractivity contribution in [2.45, 2.75) is 38.6 Å². The maximum atomic E-state index is 8.73. The molecule has 0 spiro atoms. The average Bonchev–Trinajstić information content (AvgIpc) is 3.12. The fourth-order valence-electron chi connectivity index (χ4n) is 3.73. The van der Waals surface area contributed by atoms with Crippen LogP contribution in [0.15, 0.2) is 48.5 Å². The highest BCUT2D eigenvalue weighted by atomic mass is 15.5. The lowest BCUT2D eigenvalue weighted by Crippen LogP contribution is -2.31. The van der Waals surface area contributed by atoms with E-state index >= 15 is 0 Å². The third kappa shape index (κ3) is 5.56. The van der Waals surface area contributed by atoms with E-state index in [0.29, 0.717) is 0 Å². The molecule has 4 heteroatoms. The summed E-state index contributed by atoms with van der Waals surface area (Å²) >= 11 is 0. The molecule has 1 saturated heterocycles. The quantitative estimate of drug-likeness (QED) is 0.440. The molecule has 1 aliphatic rings. The van der Waals surface area contributed by atoms with E-state index in [0.717, 1.165) is 25.4 Å². The Labute approximate surface area is 163 Å². The van der Waals surface area contributed by atoms with Crippen molar-refractivity contribution in [2.75, 3.05) is 26.7 Å². The van der Waals surface area contributed by atoms with E-state index in [1.165, 1.54) is 53.2 Å². The van der Waals surface area contributed by atoms with Crippen LogP contribution in [0.1, 0.15) is 30.9 Å². The van der Waals surface area contributed by atoms with Gasteiger partial charge in [-0.1, -0.05) is 48.5 Å². The Morgan fingerprint density at radius 3 is 2.15 bits per heavy atom. The molecule has 0 bridgehead atoms. The van der Waals surface area contributed by atoms with Crippen LogP contribution in [0.2, 0.25) is 0 Å². The van der Waals surface area contributed by atoms with Crippen molar-refractivity contribution in [1.29, 1.82) is 5.26 Å². The van der Waals surface area contributed by atoms with Gasteiger partial charge in [-0.2, -0.15) is 5.26 Å². The molecule has 0 aromatic heterocycles. The maximum absolute atomic E-state index is 8.73. The second-order valence-electron chi connectivity index (χ2n) is 7.49. The first-order valence-corrected chi connectivity index (χ1v) is 9.95. The molecule has 1 unspecified atom stereocenters. The summed E-state index contributed by atoms with van der Waals surface area (Å²) in [4.78, 5) is 2.61. The van der Waals surface area contributed by atoms with Crippen molar-refractivity contribution in [3.05, 3.63) is 59.7 Å². The fraction of sp³-hybridized carbons (Fsp3) is 0.435. The van der Waals surface area contributed by atoms with Gasteiger partial charge in [-0.3, -0.25) is 0 Å². The molecule has 1 aliphatic heterocycles. The van der Waals surface area contributed by atoms with Crippen molar-refractivity contribution in [1.82, 2.24) is 15.3 Å². The summed E-state index contributed by atoms with van der Waals surface area (Å²) in [6, 6.07) is 18.5.